The average Bonchev–Trinajstić information content (AvgIpc) is 2.20. The number of rotatable bonds is 1. The molecule has 1 saturated carbocycles. The highest BCUT2D eigenvalue weighted by atomic mass is 14.3. The molecule has 0 N–H and O–H groups in total. The molecule has 74 valence electrons. The standard InChI is InChI=1S/C13H22/c1-11-7-9-13(10-8-11)12-5-3-2-4-6-12/h7,12-13H,2-6,8-10H2,1H3. The van der Waals surface area contributed by atoms with Crippen molar-refractivity contribution in [3.05, 3.63) is 11.6 Å². The van der Waals surface area contributed by atoms with Gasteiger partial charge in [-0.1, -0.05) is 43.8 Å². The summed E-state index contributed by atoms with van der Waals surface area (Å²) in [7, 11) is 0. The molecule has 0 aliphatic heterocycles. The molecule has 0 saturated heterocycles. The van der Waals surface area contributed by atoms with Crippen molar-refractivity contribution >= 4 is 0 Å². The lowest BCUT2D eigenvalue weighted by molar-refractivity contribution is 0.232. The van der Waals surface area contributed by atoms with E-state index in [1.54, 1.807) is 5.57 Å². The predicted octanol–water partition coefficient (Wildman–Crippen LogP) is 4.31. The Morgan fingerprint density at radius 1 is 1.00 bits per heavy atom. The zero-order valence-corrected chi connectivity index (χ0v) is 8.89. The van der Waals surface area contributed by atoms with Crippen LogP contribution in [-0.4, -0.2) is 0 Å². The summed E-state index contributed by atoms with van der Waals surface area (Å²) >= 11 is 0. The van der Waals surface area contributed by atoms with Crippen LogP contribution in [-0.2, 0) is 0 Å². The van der Waals surface area contributed by atoms with Crippen LogP contribution >= 0.6 is 0 Å². The highest BCUT2D eigenvalue weighted by molar-refractivity contribution is 5.03. The van der Waals surface area contributed by atoms with Crippen LogP contribution in [0, 0.1) is 11.8 Å². The highest BCUT2D eigenvalue weighted by Crippen LogP contribution is 2.37. The van der Waals surface area contributed by atoms with Crippen LogP contribution in [0.1, 0.15) is 58.3 Å². The monoisotopic (exact) mass is 178 g/mol. The van der Waals surface area contributed by atoms with Crippen LogP contribution in [0.5, 0.6) is 0 Å². The van der Waals surface area contributed by atoms with Gasteiger partial charge in [0.1, 0.15) is 0 Å². The van der Waals surface area contributed by atoms with E-state index in [1.807, 2.05) is 0 Å². The van der Waals surface area contributed by atoms with Gasteiger partial charge in [0.2, 0.25) is 0 Å². The minimum absolute atomic E-state index is 1.05. The maximum absolute atomic E-state index is 2.49. The second kappa shape index (κ2) is 4.30. The second-order valence-electron chi connectivity index (χ2n) is 4.98. The molecule has 1 atom stereocenters. The smallest absolute Gasteiger partial charge is 0.0317 e. The van der Waals surface area contributed by atoms with Crippen LogP contribution < -0.4 is 0 Å². The molecule has 0 spiro atoms. The number of hydrogen-bond donors (Lipinski definition) is 0. The summed E-state index contributed by atoms with van der Waals surface area (Å²) in [5.41, 5.74) is 1.63. The fraction of sp³-hybridized carbons (Fsp3) is 0.846. The van der Waals surface area contributed by atoms with Crippen molar-refractivity contribution in [3.63, 3.8) is 0 Å². The van der Waals surface area contributed by atoms with Crippen molar-refractivity contribution in [1.29, 1.82) is 0 Å². The summed E-state index contributed by atoms with van der Waals surface area (Å²) in [4.78, 5) is 0. The minimum Gasteiger partial charge on any atom is -0.0853 e. The Labute approximate surface area is 82.4 Å². The van der Waals surface area contributed by atoms with Crippen LogP contribution in [0.3, 0.4) is 0 Å². The van der Waals surface area contributed by atoms with Crippen molar-refractivity contribution in [3.8, 4) is 0 Å². The Kier molecular flexibility index (Phi) is 3.08. The van der Waals surface area contributed by atoms with E-state index in [9.17, 15) is 0 Å². The normalized spacial score (nSPS) is 31.5. The van der Waals surface area contributed by atoms with Crippen molar-refractivity contribution in [2.24, 2.45) is 11.8 Å². The summed E-state index contributed by atoms with van der Waals surface area (Å²) in [6.45, 7) is 2.29. The Hall–Kier alpha value is -0.260. The average molecular weight is 178 g/mol. The second-order valence-corrected chi connectivity index (χ2v) is 4.98. The molecule has 13 heavy (non-hydrogen) atoms. The van der Waals surface area contributed by atoms with Crippen molar-refractivity contribution < 1.29 is 0 Å². The molecule has 2 aliphatic carbocycles. The molecule has 0 aromatic carbocycles. The van der Waals surface area contributed by atoms with E-state index < -0.39 is 0 Å². The molecule has 0 aromatic rings. The van der Waals surface area contributed by atoms with Crippen molar-refractivity contribution in [1.82, 2.24) is 0 Å². The molecule has 0 nitrogen and oxygen atoms in total. The van der Waals surface area contributed by atoms with Gasteiger partial charge in [-0.15, -0.1) is 0 Å². The minimum atomic E-state index is 1.05. The quantitative estimate of drug-likeness (QED) is 0.525. The highest BCUT2D eigenvalue weighted by Gasteiger charge is 2.24. The maximum Gasteiger partial charge on any atom is -0.0317 e. The summed E-state index contributed by atoms with van der Waals surface area (Å²) in [6.07, 6.45) is 14.3. The van der Waals surface area contributed by atoms with E-state index in [4.69, 9.17) is 0 Å². The first-order valence-corrected chi connectivity index (χ1v) is 6.02. The van der Waals surface area contributed by atoms with Crippen LogP contribution in [0.15, 0.2) is 11.6 Å². The van der Waals surface area contributed by atoms with E-state index >= 15 is 0 Å². The van der Waals surface area contributed by atoms with Crippen molar-refractivity contribution in [2.75, 3.05) is 0 Å². The van der Waals surface area contributed by atoms with Crippen molar-refractivity contribution in [2.45, 2.75) is 58.3 Å². The molecule has 2 rings (SSSR count). The van der Waals surface area contributed by atoms with Gasteiger partial charge in [-0.3, -0.25) is 0 Å². The first-order chi connectivity index (χ1) is 6.36. The molecule has 0 heterocycles. The molecule has 1 unspecified atom stereocenters. The Balaban J connectivity index is 1.86. The maximum atomic E-state index is 2.49. The topological polar surface area (TPSA) is 0 Å². The summed E-state index contributed by atoms with van der Waals surface area (Å²) < 4.78 is 0. The van der Waals surface area contributed by atoms with Gasteiger partial charge < -0.3 is 0 Å². The molecular formula is C13H22. The first-order valence-electron chi connectivity index (χ1n) is 6.02. The van der Waals surface area contributed by atoms with Gasteiger partial charge in [0, 0.05) is 0 Å². The van der Waals surface area contributed by atoms with E-state index in [0.29, 0.717) is 0 Å². The Morgan fingerprint density at radius 2 is 1.77 bits per heavy atom. The van der Waals surface area contributed by atoms with E-state index in [1.165, 1.54) is 51.4 Å². The molecule has 0 heteroatoms. The van der Waals surface area contributed by atoms with Gasteiger partial charge in [0.25, 0.3) is 0 Å². The van der Waals surface area contributed by atoms with Gasteiger partial charge in [0.15, 0.2) is 0 Å². The fourth-order valence-corrected chi connectivity index (χ4v) is 3.02. The van der Waals surface area contributed by atoms with Gasteiger partial charge in [-0.25, -0.2) is 0 Å². The molecule has 0 aromatic heterocycles. The predicted molar refractivity (Wildman–Crippen MR) is 57.7 cm³/mol. The molecule has 0 bridgehead atoms. The summed E-state index contributed by atoms with van der Waals surface area (Å²) in [5, 5.41) is 0. The van der Waals surface area contributed by atoms with Gasteiger partial charge in [-0.05, 0) is 38.0 Å². The molecular weight excluding hydrogens is 156 g/mol. The Morgan fingerprint density at radius 3 is 2.38 bits per heavy atom. The van der Waals surface area contributed by atoms with Crippen LogP contribution in [0.2, 0.25) is 0 Å². The Bertz CT molecular complexity index is 184. The lowest BCUT2D eigenvalue weighted by atomic mass is 9.74. The van der Waals surface area contributed by atoms with E-state index in [-0.39, 0.29) is 0 Å². The van der Waals surface area contributed by atoms with E-state index in [2.05, 4.69) is 13.0 Å². The third kappa shape index (κ3) is 2.36. The van der Waals surface area contributed by atoms with Gasteiger partial charge >= 0.3 is 0 Å². The summed E-state index contributed by atoms with van der Waals surface area (Å²) in [5.74, 6) is 2.13. The largest absolute Gasteiger partial charge is 0.0853 e. The first kappa shape index (κ1) is 9.30. The molecule has 2 aliphatic rings. The molecule has 0 radical (unpaired) electrons. The third-order valence-corrected chi connectivity index (χ3v) is 4.00. The zero-order valence-electron chi connectivity index (χ0n) is 8.89. The van der Waals surface area contributed by atoms with E-state index in [0.717, 1.165) is 11.8 Å². The van der Waals surface area contributed by atoms with Crippen LogP contribution in [0.25, 0.3) is 0 Å². The third-order valence-electron chi connectivity index (χ3n) is 4.00. The number of allylic oxidation sites excluding steroid dienone is 2. The zero-order chi connectivity index (χ0) is 9.10. The fourth-order valence-electron chi connectivity index (χ4n) is 3.02. The molecule has 1 fully saturated rings. The lowest BCUT2D eigenvalue weighted by Crippen LogP contribution is -2.19. The lowest BCUT2D eigenvalue weighted by Gasteiger charge is -2.32. The van der Waals surface area contributed by atoms with Crippen LogP contribution in [0.4, 0.5) is 0 Å². The SMILES string of the molecule is CC1=CCC(C2CCCCC2)CC1. The molecule has 0 amide bonds. The number of hydrogen-bond acceptors (Lipinski definition) is 0. The van der Waals surface area contributed by atoms with Gasteiger partial charge in [-0.2, -0.15) is 0 Å². The van der Waals surface area contributed by atoms with Gasteiger partial charge in [0.05, 0.1) is 0 Å². The summed E-state index contributed by atoms with van der Waals surface area (Å²) in [6, 6.07) is 0.